The van der Waals surface area contributed by atoms with Gasteiger partial charge in [-0.05, 0) is 133 Å². The van der Waals surface area contributed by atoms with Crippen molar-refractivity contribution in [2.75, 3.05) is 31.6 Å². The third-order valence-corrected chi connectivity index (χ3v) is 16.7. The molecule has 1 aliphatic carbocycles. The van der Waals surface area contributed by atoms with Gasteiger partial charge >= 0.3 is 154 Å². The average Bonchev–Trinajstić information content (AvgIpc) is 3.62. The number of hydrogen-bond donors (Lipinski definition) is 1. The van der Waals surface area contributed by atoms with Crippen molar-refractivity contribution in [3.05, 3.63) is 117 Å². The predicted molar refractivity (Wildman–Crippen MR) is 261 cm³/mol. The number of carbonyl (C=O) groups is 1. The molecule has 0 aromatic heterocycles. The van der Waals surface area contributed by atoms with Crippen molar-refractivity contribution in [3.8, 4) is 0 Å². The first kappa shape index (κ1) is 65.7. The van der Waals surface area contributed by atoms with E-state index in [9.17, 15) is 56.7 Å². The fraction of sp³-hybridized carbons (Fsp3) is 0.375. The molecule has 2 aliphatic heterocycles. The first-order valence-corrected chi connectivity index (χ1v) is 28.2. The Morgan fingerprint density at radius 1 is 0.730 bits per heavy atom. The summed E-state index contributed by atoms with van der Waals surface area (Å²) in [6.45, 7) is 8.59. The van der Waals surface area contributed by atoms with Crippen molar-refractivity contribution in [1.82, 2.24) is 5.32 Å². The third kappa shape index (κ3) is 14.4. The number of benzene rings is 4. The molecule has 0 unspecified atom stereocenters. The fourth-order valence-corrected chi connectivity index (χ4v) is 12.8. The largest absolute Gasteiger partial charge is 1.00 e. The smallest absolute Gasteiger partial charge is 0.744 e. The Bertz CT molecular complexity index is 3610. The average molecular weight is 1170 g/mol. The number of azide groups is 1. The molecule has 74 heavy (non-hydrogen) atoms. The Labute approximate surface area is 559 Å². The molecule has 0 saturated carbocycles. The van der Waals surface area contributed by atoms with Gasteiger partial charge in [-0.2, -0.15) is 4.58 Å². The van der Waals surface area contributed by atoms with Crippen LogP contribution in [0.5, 0.6) is 0 Å². The van der Waals surface area contributed by atoms with Crippen LogP contribution in [0.2, 0.25) is 0 Å². The second kappa shape index (κ2) is 25.7. The van der Waals surface area contributed by atoms with Gasteiger partial charge in [-0.1, -0.05) is 49.7 Å². The van der Waals surface area contributed by atoms with Crippen LogP contribution in [0.25, 0.3) is 32.0 Å². The molecule has 0 bridgehead atoms. The van der Waals surface area contributed by atoms with Gasteiger partial charge in [0.15, 0.2) is 5.71 Å². The second-order valence-electron chi connectivity index (χ2n) is 18.8. The molecular formula is C48H51K3N6O13S4. The van der Waals surface area contributed by atoms with Crippen molar-refractivity contribution >= 4 is 85.0 Å². The zero-order valence-electron chi connectivity index (χ0n) is 42.5. The number of amides is 1. The predicted octanol–water partition coefficient (Wildman–Crippen LogP) is -1.72. The monoisotopic (exact) mass is 1160 g/mol. The summed E-state index contributed by atoms with van der Waals surface area (Å²) in [6, 6.07) is 9.62. The van der Waals surface area contributed by atoms with Crippen molar-refractivity contribution in [1.29, 1.82) is 0 Å². The van der Waals surface area contributed by atoms with Crippen LogP contribution in [0.3, 0.4) is 0 Å². The number of allylic oxidation sites excluding steroid dienone is 8. The van der Waals surface area contributed by atoms with Crippen molar-refractivity contribution in [2.45, 2.75) is 109 Å². The quantitative estimate of drug-likeness (QED) is 0.0234. The maximum absolute atomic E-state index is 12.5. The molecule has 1 amide bonds. The Hall–Kier alpha value is -0.841. The maximum Gasteiger partial charge on any atom is 1.00 e. The minimum atomic E-state index is -5.24. The summed E-state index contributed by atoms with van der Waals surface area (Å²) in [5.41, 5.74) is 12.4. The van der Waals surface area contributed by atoms with Crippen molar-refractivity contribution in [2.24, 2.45) is 5.11 Å². The van der Waals surface area contributed by atoms with Crippen molar-refractivity contribution in [3.63, 3.8) is 0 Å². The van der Waals surface area contributed by atoms with Gasteiger partial charge in [0.25, 0.3) is 0 Å². The molecule has 0 fully saturated rings. The molecule has 0 radical (unpaired) electrons. The molecule has 26 heteroatoms. The van der Waals surface area contributed by atoms with E-state index in [-0.39, 0.29) is 195 Å². The summed E-state index contributed by atoms with van der Waals surface area (Å²) < 4.78 is 150. The number of nitrogens with one attached hydrogen (secondary N) is 1. The summed E-state index contributed by atoms with van der Waals surface area (Å²) >= 11 is 0. The van der Waals surface area contributed by atoms with Crippen LogP contribution in [-0.4, -0.2) is 94.8 Å². The van der Waals surface area contributed by atoms with E-state index in [0.29, 0.717) is 86.2 Å². The van der Waals surface area contributed by atoms with E-state index in [1.807, 2.05) is 67.6 Å². The van der Waals surface area contributed by atoms with Gasteiger partial charge in [-0.3, -0.25) is 4.79 Å². The van der Waals surface area contributed by atoms with Gasteiger partial charge in [0, 0.05) is 70.9 Å². The summed E-state index contributed by atoms with van der Waals surface area (Å²) in [7, 11) is -19.0. The molecule has 0 saturated heterocycles. The van der Waals surface area contributed by atoms with E-state index >= 15 is 0 Å². The minimum Gasteiger partial charge on any atom is -0.744 e. The summed E-state index contributed by atoms with van der Waals surface area (Å²) in [5.74, 6) is -0.138. The van der Waals surface area contributed by atoms with Gasteiger partial charge in [-0.25, -0.2) is 33.7 Å². The standard InChI is InChI=1S/C48H54N6O13S4.3K/c1-47(2)42(53(5)38-18-16-34-36(45(38)47)26-32(68(56,57)58)28-40(34)70(62,63)64)20-14-30-11-9-12-31(25-30)15-21-43-48(3,4)46-37-27-33(69(59,60)61)29-41(71(65,66)67)35(37)17-19-39(46)54(43)24-8-6-7-13-44(55)50-22-10-23-51-52-49;;;/h14-21,25-29H,6-13,22-24H2,1-5H3,(H4-,50,55,56,57,58,59,60,61,62,63,64,65,66,67);;;/q;3*+1/p-3. The molecule has 19 nitrogen and oxygen atoms in total. The zero-order valence-corrected chi connectivity index (χ0v) is 55.1. The van der Waals surface area contributed by atoms with E-state index in [1.54, 1.807) is 19.2 Å². The molecule has 2 heterocycles. The van der Waals surface area contributed by atoms with Crippen molar-refractivity contribution < 1.29 is 215 Å². The van der Waals surface area contributed by atoms with Gasteiger partial charge in [-0.15, -0.1) is 0 Å². The van der Waals surface area contributed by atoms with Crippen LogP contribution < -0.4 is 164 Å². The number of unbranched alkanes of at least 4 members (excludes halogenated alkanes) is 2. The number of nitrogens with zero attached hydrogens (tertiary/aromatic N) is 5. The number of anilines is 1. The van der Waals surface area contributed by atoms with E-state index in [0.717, 1.165) is 41.1 Å². The van der Waals surface area contributed by atoms with E-state index < -0.39 is 70.9 Å². The fourth-order valence-electron chi connectivity index (χ4n) is 10.1. The van der Waals surface area contributed by atoms with Gasteiger partial charge in [0.05, 0.1) is 25.0 Å². The van der Waals surface area contributed by atoms with Crippen LogP contribution in [0.4, 0.5) is 11.4 Å². The number of carbonyl (C=O) groups excluding carboxylic acids is 1. The first-order chi connectivity index (χ1) is 33.1. The molecule has 3 aliphatic rings. The topological polar surface area (TPSA) is 313 Å². The SMILES string of the molecule is C[N+]1=C(/C=C/C2=CC(=C\C=C3/N(CCCCCC(=O)NCCCN=[N+]=[N-])c4ccc5c(S(=O)(=O)[O-])cc(S(=O)(=O)[O-])cc5c4C3(C)C)/CCC2)C(C)(C)c2c1ccc1c(S(=O)(=O)[O-])cc(S(=O)(=O)[O-])cc21.[K+].[K+].[K+]. The maximum atomic E-state index is 12.5. The zero-order chi connectivity index (χ0) is 52.1. The van der Waals surface area contributed by atoms with Gasteiger partial charge in [0.2, 0.25) is 11.6 Å². The summed E-state index contributed by atoms with van der Waals surface area (Å²) in [6.07, 6.45) is 14.7. The molecule has 1 N–H and O–H groups in total. The third-order valence-electron chi connectivity index (χ3n) is 13.4. The number of hydrogen-bond acceptors (Lipinski definition) is 15. The van der Waals surface area contributed by atoms with Crippen LogP contribution >= 0.6 is 0 Å². The van der Waals surface area contributed by atoms with Gasteiger partial charge in [0.1, 0.15) is 47.5 Å². The molecule has 378 valence electrons. The van der Waals surface area contributed by atoms with Crippen LogP contribution in [0, 0.1) is 0 Å². The van der Waals surface area contributed by atoms with E-state index in [4.69, 9.17) is 5.53 Å². The number of rotatable bonds is 17. The molecule has 0 atom stereocenters. The summed E-state index contributed by atoms with van der Waals surface area (Å²) in [5, 5.41) is 6.51. The van der Waals surface area contributed by atoms with Crippen LogP contribution in [-0.2, 0) is 56.1 Å². The number of fused-ring (bicyclic) bond motifs is 6. The normalized spacial score (nSPS) is 17.4. The molecule has 4 aromatic carbocycles. The molecule has 4 aromatic rings. The van der Waals surface area contributed by atoms with Gasteiger partial charge < -0.3 is 28.4 Å². The minimum absolute atomic E-state index is 0. The molecule has 0 spiro atoms. The Morgan fingerprint density at radius 2 is 1.31 bits per heavy atom. The Kier molecular flexibility index (Phi) is 22.8. The Balaban J connectivity index is 0.00000395. The van der Waals surface area contributed by atoms with Crippen LogP contribution in [0.1, 0.15) is 90.2 Å². The van der Waals surface area contributed by atoms with E-state index in [2.05, 4.69) is 15.3 Å². The van der Waals surface area contributed by atoms with Crippen LogP contribution in [0.15, 0.2) is 120 Å². The molecule has 7 rings (SSSR count). The summed E-state index contributed by atoms with van der Waals surface area (Å²) in [4.78, 5) is 13.9. The molecular weight excluding hydrogens is 1110 g/mol. The second-order valence-corrected chi connectivity index (χ2v) is 24.2. The van der Waals surface area contributed by atoms with E-state index in [1.165, 1.54) is 12.1 Å². The first-order valence-electron chi connectivity index (χ1n) is 22.6. The Morgan fingerprint density at radius 3 is 1.88 bits per heavy atom.